The smallest absolute Gasteiger partial charge is 0.170 e. The van der Waals surface area contributed by atoms with Crippen LogP contribution in [0.5, 0.6) is 0 Å². The minimum Gasteiger partial charge on any atom is -0.294 e. The number of carbonyl (C=O) groups excluding carboxylic acids is 2. The summed E-state index contributed by atoms with van der Waals surface area (Å²) in [5.74, 6) is -0.186. The number of carbonyl (C=O) groups is 2. The summed E-state index contributed by atoms with van der Waals surface area (Å²) < 4.78 is 0. The Hall–Kier alpha value is -2.22. The number of hydrogen-bond acceptors (Lipinski definition) is 2. The van der Waals surface area contributed by atoms with Crippen molar-refractivity contribution in [1.29, 1.82) is 0 Å². The van der Waals surface area contributed by atoms with Gasteiger partial charge in [-0.25, -0.2) is 0 Å². The molecule has 0 atom stereocenters. The number of unbranched alkanes of at least 4 members (excludes halogenated alkanes) is 12. The molecule has 2 rings (SSSR count). The minimum absolute atomic E-state index is 0.0613. The third kappa shape index (κ3) is 12.3. The van der Waals surface area contributed by atoms with Crippen LogP contribution in [0.15, 0.2) is 48.5 Å². The van der Waals surface area contributed by atoms with Crippen molar-refractivity contribution in [3.63, 3.8) is 0 Å². The van der Waals surface area contributed by atoms with Crippen LogP contribution in [0.4, 0.5) is 0 Å². The van der Waals surface area contributed by atoms with Crippen molar-refractivity contribution >= 4 is 11.6 Å². The molecule has 0 aromatic heterocycles. The zero-order valence-electron chi connectivity index (χ0n) is 22.5. The molecule has 0 spiro atoms. The van der Waals surface area contributed by atoms with E-state index in [1.165, 1.54) is 101 Å². The van der Waals surface area contributed by atoms with Crippen LogP contribution >= 0.6 is 0 Å². The van der Waals surface area contributed by atoms with Crippen LogP contribution in [-0.4, -0.2) is 11.6 Å². The highest BCUT2D eigenvalue weighted by Gasteiger charge is 2.14. The molecule has 0 heterocycles. The van der Waals surface area contributed by atoms with E-state index in [0.29, 0.717) is 11.1 Å². The summed E-state index contributed by atoms with van der Waals surface area (Å²) in [5.41, 5.74) is 3.82. The lowest BCUT2D eigenvalue weighted by molar-refractivity contribution is 0.0894. The Morgan fingerprint density at radius 1 is 0.457 bits per heavy atom. The summed E-state index contributed by atoms with van der Waals surface area (Å²) >= 11 is 0. The maximum atomic E-state index is 12.6. The standard InChI is InChI=1S/C33H48O2/c1-3-5-7-9-11-13-15-17-28-19-23-30(24-20-28)32(34)27-33(35)31-25-21-29(22-26-31)18-16-14-12-10-8-6-4-2/h19-26H,3-18,27H2,1-2H3. The molecule has 2 aromatic rings. The second-order valence-electron chi connectivity index (χ2n) is 10.2. The molecule has 2 aromatic carbocycles. The van der Waals surface area contributed by atoms with E-state index in [1.807, 2.05) is 48.5 Å². The van der Waals surface area contributed by atoms with Gasteiger partial charge in [0.25, 0.3) is 0 Å². The van der Waals surface area contributed by atoms with Gasteiger partial charge in [-0.15, -0.1) is 0 Å². The van der Waals surface area contributed by atoms with Crippen molar-refractivity contribution < 1.29 is 9.59 Å². The molecule has 0 bridgehead atoms. The first-order valence-electron chi connectivity index (χ1n) is 14.4. The Morgan fingerprint density at radius 2 is 0.771 bits per heavy atom. The molecular formula is C33H48O2. The van der Waals surface area contributed by atoms with Gasteiger partial charge in [0.15, 0.2) is 11.6 Å². The van der Waals surface area contributed by atoms with Crippen molar-refractivity contribution in [3.8, 4) is 0 Å². The molecule has 0 saturated heterocycles. The van der Waals surface area contributed by atoms with Gasteiger partial charge in [-0.2, -0.15) is 0 Å². The average Bonchev–Trinajstić information content (AvgIpc) is 2.88. The van der Waals surface area contributed by atoms with Crippen molar-refractivity contribution in [2.75, 3.05) is 0 Å². The predicted octanol–water partition coefficient (Wildman–Crippen LogP) is 9.73. The zero-order chi connectivity index (χ0) is 25.1. The molecule has 0 unspecified atom stereocenters. The van der Waals surface area contributed by atoms with Gasteiger partial charge in [0.1, 0.15) is 0 Å². The van der Waals surface area contributed by atoms with Gasteiger partial charge in [0, 0.05) is 11.1 Å². The Balaban J connectivity index is 1.68. The largest absolute Gasteiger partial charge is 0.294 e. The first kappa shape index (κ1) is 29.0. The summed E-state index contributed by atoms with van der Waals surface area (Å²) in [6.45, 7) is 4.50. The van der Waals surface area contributed by atoms with E-state index < -0.39 is 0 Å². The van der Waals surface area contributed by atoms with Crippen LogP contribution < -0.4 is 0 Å². The lowest BCUT2D eigenvalue weighted by atomic mass is 9.98. The monoisotopic (exact) mass is 476 g/mol. The lowest BCUT2D eigenvalue weighted by Crippen LogP contribution is -2.08. The van der Waals surface area contributed by atoms with E-state index in [-0.39, 0.29) is 18.0 Å². The molecule has 0 fully saturated rings. The van der Waals surface area contributed by atoms with Crippen molar-refractivity contribution in [2.24, 2.45) is 0 Å². The summed E-state index contributed by atoms with van der Waals surface area (Å²) in [5, 5.41) is 0. The summed E-state index contributed by atoms with van der Waals surface area (Å²) in [7, 11) is 0. The minimum atomic E-state index is -0.0929. The molecule has 0 aliphatic carbocycles. The third-order valence-electron chi connectivity index (χ3n) is 7.01. The van der Waals surface area contributed by atoms with E-state index in [1.54, 1.807) is 0 Å². The number of ketones is 2. The van der Waals surface area contributed by atoms with E-state index in [0.717, 1.165) is 12.8 Å². The van der Waals surface area contributed by atoms with Gasteiger partial charge in [0.05, 0.1) is 6.42 Å². The van der Waals surface area contributed by atoms with Gasteiger partial charge in [-0.1, -0.05) is 139 Å². The Kier molecular flexibility index (Phi) is 15.0. The molecule has 2 heteroatoms. The molecule has 0 aliphatic heterocycles. The van der Waals surface area contributed by atoms with Gasteiger partial charge in [0.2, 0.25) is 0 Å². The number of benzene rings is 2. The first-order valence-corrected chi connectivity index (χ1v) is 14.4. The molecule has 192 valence electrons. The predicted molar refractivity (Wildman–Crippen MR) is 150 cm³/mol. The topological polar surface area (TPSA) is 34.1 Å². The normalized spacial score (nSPS) is 11.0. The van der Waals surface area contributed by atoms with Crippen LogP contribution in [-0.2, 0) is 12.8 Å². The van der Waals surface area contributed by atoms with Crippen molar-refractivity contribution in [2.45, 2.75) is 123 Å². The van der Waals surface area contributed by atoms with E-state index in [9.17, 15) is 9.59 Å². The zero-order valence-corrected chi connectivity index (χ0v) is 22.5. The quantitative estimate of drug-likeness (QED) is 0.108. The Morgan fingerprint density at radius 3 is 1.11 bits per heavy atom. The number of aryl methyl sites for hydroxylation is 2. The van der Waals surface area contributed by atoms with Crippen molar-refractivity contribution in [3.05, 3.63) is 70.8 Å². The molecule has 0 amide bonds. The fourth-order valence-corrected chi connectivity index (χ4v) is 4.64. The average molecular weight is 477 g/mol. The SMILES string of the molecule is CCCCCCCCCc1ccc(C(=O)CC(=O)c2ccc(CCCCCCCCC)cc2)cc1. The maximum Gasteiger partial charge on any atom is 0.170 e. The highest BCUT2D eigenvalue weighted by atomic mass is 16.1. The molecule has 0 aliphatic rings. The summed E-state index contributed by atoms with van der Waals surface area (Å²) in [6, 6.07) is 15.7. The van der Waals surface area contributed by atoms with Crippen LogP contribution in [0, 0.1) is 0 Å². The van der Waals surface area contributed by atoms with E-state index >= 15 is 0 Å². The highest BCUT2D eigenvalue weighted by Crippen LogP contribution is 2.16. The second kappa shape index (κ2) is 18.1. The Bertz CT molecular complexity index is 761. The van der Waals surface area contributed by atoms with Gasteiger partial charge < -0.3 is 0 Å². The number of Topliss-reactive ketones (excluding diaryl/α,β-unsaturated/α-hetero) is 2. The molecule has 2 nitrogen and oxygen atoms in total. The maximum absolute atomic E-state index is 12.6. The van der Waals surface area contributed by atoms with Crippen LogP contribution in [0.25, 0.3) is 0 Å². The Labute approximate surface area is 214 Å². The van der Waals surface area contributed by atoms with Gasteiger partial charge in [-0.3, -0.25) is 9.59 Å². The van der Waals surface area contributed by atoms with Crippen molar-refractivity contribution in [1.82, 2.24) is 0 Å². The molecule has 0 N–H and O–H groups in total. The molecule has 0 radical (unpaired) electrons. The fourth-order valence-electron chi connectivity index (χ4n) is 4.64. The first-order chi connectivity index (χ1) is 17.1. The van der Waals surface area contributed by atoms with Gasteiger partial charge in [-0.05, 0) is 36.8 Å². The van der Waals surface area contributed by atoms with Gasteiger partial charge >= 0.3 is 0 Å². The number of hydrogen-bond donors (Lipinski definition) is 0. The van der Waals surface area contributed by atoms with Crippen LogP contribution in [0.3, 0.4) is 0 Å². The van der Waals surface area contributed by atoms with Crippen LogP contribution in [0.2, 0.25) is 0 Å². The summed E-state index contributed by atoms with van der Waals surface area (Å²) in [6.07, 6.45) is 20.3. The van der Waals surface area contributed by atoms with Crippen LogP contribution in [0.1, 0.15) is 142 Å². The molecule has 0 saturated carbocycles. The van der Waals surface area contributed by atoms with E-state index in [4.69, 9.17) is 0 Å². The molecular weight excluding hydrogens is 428 g/mol. The fraction of sp³-hybridized carbons (Fsp3) is 0.576. The second-order valence-corrected chi connectivity index (χ2v) is 10.2. The van der Waals surface area contributed by atoms with E-state index in [2.05, 4.69) is 13.8 Å². The number of rotatable bonds is 20. The molecule has 35 heavy (non-hydrogen) atoms. The third-order valence-corrected chi connectivity index (χ3v) is 7.01. The summed E-state index contributed by atoms with van der Waals surface area (Å²) in [4.78, 5) is 25.3. The highest BCUT2D eigenvalue weighted by molar-refractivity contribution is 6.13. The lowest BCUT2D eigenvalue weighted by Gasteiger charge is -2.06.